The third kappa shape index (κ3) is 7.05. The van der Waals surface area contributed by atoms with Gasteiger partial charge in [0.05, 0.1) is 28.5 Å². The van der Waals surface area contributed by atoms with Gasteiger partial charge >= 0.3 is 6.09 Å². The summed E-state index contributed by atoms with van der Waals surface area (Å²) in [5, 5.41) is 14.8. The standard InChI is InChI=1S/C33H41FN6O8S/c1-18-6-4-5-7-20-15-33(20,30(43)39-49(46,47)32(3)10-11-32)38-28(41)25-14-22(17-40(25)29(42)27(19(2)12-18)37-31(44)45)48-26-16-35-24-13-21(34)8-9-23(24)36-26/h5,7-9,13,16,18-20,22,25,27,37H,4,6,10-12,14-15,17H2,1-3H3,(H,38,41)(H,39,43)(H,44,45)/t18-,19-,20-,22-,25+,27+,33-/m1/s1. The summed E-state index contributed by atoms with van der Waals surface area (Å²) in [4.78, 5) is 63.8. The Morgan fingerprint density at radius 3 is 2.63 bits per heavy atom. The average Bonchev–Trinajstić information content (AvgIpc) is 3.91. The third-order valence-corrected chi connectivity index (χ3v) is 12.5. The van der Waals surface area contributed by atoms with Crippen molar-refractivity contribution in [3.63, 3.8) is 0 Å². The molecule has 49 heavy (non-hydrogen) atoms. The van der Waals surface area contributed by atoms with Crippen LogP contribution in [-0.2, 0) is 24.4 Å². The molecule has 2 aromatic rings. The Morgan fingerprint density at radius 1 is 1.16 bits per heavy atom. The number of carbonyl (C=O) groups excluding carboxylic acids is 3. The molecule has 0 spiro atoms. The highest BCUT2D eigenvalue weighted by atomic mass is 32.2. The minimum absolute atomic E-state index is 0.0418. The van der Waals surface area contributed by atoms with Crippen LogP contribution in [-0.4, -0.2) is 87.2 Å². The number of rotatable bonds is 6. The number of hydrogen-bond acceptors (Lipinski definition) is 9. The van der Waals surface area contributed by atoms with Gasteiger partial charge in [0.25, 0.3) is 5.91 Å². The first-order valence-corrected chi connectivity index (χ1v) is 18.0. The Balaban J connectivity index is 1.32. The molecule has 1 aromatic heterocycles. The van der Waals surface area contributed by atoms with Gasteiger partial charge in [0.2, 0.25) is 27.7 Å². The predicted molar refractivity (Wildman–Crippen MR) is 174 cm³/mol. The number of aromatic nitrogens is 2. The van der Waals surface area contributed by atoms with Crippen LogP contribution in [0.15, 0.2) is 36.5 Å². The summed E-state index contributed by atoms with van der Waals surface area (Å²) in [5.74, 6) is -3.37. The number of sulfonamides is 1. The Morgan fingerprint density at radius 2 is 1.92 bits per heavy atom. The highest BCUT2D eigenvalue weighted by Gasteiger charge is 2.63. The Hall–Kier alpha value is -4.34. The monoisotopic (exact) mass is 700 g/mol. The summed E-state index contributed by atoms with van der Waals surface area (Å²) in [6.45, 7) is 5.24. The van der Waals surface area contributed by atoms with Gasteiger partial charge in [0.1, 0.15) is 29.5 Å². The van der Waals surface area contributed by atoms with Gasteiger partial charge in [-0.15, -0.1) is 0 Å². The van der Waals surface area contributed by atoms with Crippen molar-refractivity contribution in [2.75, 3.05) is 6.54 Å². The number of halogens is 1. The summed E-state index contributed by atoms with van der Waals surface area (Å²) in [7, 11) is -4.01. The number of amides is 4. The maximum Gasteiger partial charge on any atom is 0.405 e. The fraction of sp³-hybridized carbons (Fsp3) is 0.576. The molecule has 3 fully saturated rings. The number of hydrogen-bond donors (Lipinski definition) is 4. The van der Waals surface area contributed by atoms with Gasteiger partial charge in [-0.05, 0) is 69.4 Å². The Kier molecular flexibility index (Phi) is 9.05. The molecule has 6 rings (SSSR count). The molecular weight excluding hydrogens is 659 g/mol. The molecule has 4 amide bonds. The van der Waals surface area contributed by atoms with Crippen LogP contribution in [0.3, 0.4) is 0 Å². The second-order valence-electron chi connectivity index (χ2n) is 14.2. The van der Waals surface area contributed by atoms with E-state index in [-0.39, 0.29) is 31.2 Å². The Bertz CT molecular complexity index is 1820. The van der Waals surface area contributed by atoms with Crippen LogP contribution in [0.5, 0.6) is 5.88 Å². The van der Waals surface area contributed by atoms with E-state index in [1.54, 1.807) is 13.8 Å². The van der Waals surface area contributed by atoms with Crippen LogP contribution in [0.4, 0.5) is 9.18 Å². The van der Waals surface area contributed by atoms with Gasteiger partial charge in [0.15, 0.2) is 0 Å². The van der Waals surface area contributed by atoms with Crippen molar-refractivity contribution in [1.29, 1.82) is 0 Å². The van der Waals surface area contributed by atoms with Gasteiger partial charge < -0.3 is 25.4 Å². The quantitative estimate of drug-likeness (QED) is 0.325. The largest absolute Gasteiger partial charge is 0.471 e. The highest BCUT2D eigenvalue weighted by Crippen LogP contribution is 2.47. The molecule has 4 N–H and O–H groups in total. The van der Waals surface area contributed by atoms with E-state index in [4.69, 9.17) is 4.74 Å². The zero-order valence-electron chi connectivity index (χ0n) is 27.5. The minimum atomic E-state index is -4.01. The normalized spacial score (nSPS) is 31.4. The highest BCUT2D eigenvalue weighted by molar-refractivity contribution is 7.91. The number of fused-ring (bicyclic) bond motifs is 3. The van der Waals surface area contributed by atoms with Crippen molar-refractivity contribution in [2.45, 2.75) is 94.2 Å². The second-order valence-corrected chi connectivity index (χ2v) is 16.4. The maximum atomic E-state index is 14.2. The van der Waals surface area contributed by atoms with E-state index >= 15 is 0 Å². The lowest BCUT2D eigenvalue weighted by atomic mass is 9.88. The van der Waals surface area contributed by atoms with E-state index in [0.29, 0.717) is 36.7 Å². The molecule has 14 nitrogen and oxygen atoms in total. The zero-order chi connectivity index (χ0) is 35.3. The smallest absolute Gasteiger partial charge is 0.405 e. The molecule has 2 saturated carbocycles. The molecule has 2 aliphatic heterocycles. The van der Waals surface area contributed by atoms with Gasteiger partial charge in [0, 0.05) is 18.4 Å². The summed E-state index contributed by atoms with van der Waals surface area (Å²) < 4.78 is 47.0. The molecule has 0 unspecified atom stereocenters. The molecule has 1 saturated heterocycles. The molecule has 0 radical (unpaired) electrons. The molecule has 4 aliphatic rings. The summed E-state index contributed by atoms with van der Waals surface area (Å²) in [5.41, 5.74) is -0.887. The number of benzene rings is 1. The molecule has 1 aromatic carbocycles. The van der Waals surface area contributed by atoms with Crippen LogP contribution in [0.1, 0.15) is 65.7 Å². The van der Waals surface area contributed by atoms with Gasteiger partial charge in [-0.1, -0.05) is 26.0 Å². The SMILES string of the molecule is C[C@@H]1CCC=C[C@@H]2C[C@@]2(C(=O)NS(=O)(=O)C2(C)CC2)NC(=O)[C@@H]2C[C@@H](Oc3cnc4cc(F)ccc4n3)CN2C(=O)[C@@H](NC(=O)O)[C@H](C)C1. The van der Waals surface area contributed by atoms with Gasteiger partial charge in [-0.25, -0.2) is 27.6 Å². The number of nitrogens with zero attached hydrogens (tertiary/aromatic N) is 3. The second kappa shape index (κ2) is 12.8. The summed E-state index contributed by atoms with van der Waals surface area (Å²) in [6.07, 6.45) is 5.69. The number of carbonyl (C=O) groups is 4. The predicted octanol–water partition coefficient (Wildman–Crippen LogP) is 2.64. The topological polar surface area (TPSA) is 197 Å². The lowest BCUT2D eigenvalue weighted by molar-refractivity contribution is -0.142. The van der Waals surface area contributed by atoms with E-state index in [9.17, 15) is 37.1 Å². The van der Waals surface area contributed by atoms with Crippen molar-refractivity contribution >= 4 is 44.9 Å². The Labute approximate surface area is 283 Å². The molecule has 264 valence electrons. The van der Waals surface area contributed by atoms with Crippen molar-refractivity contribution in [1.82, 2.24) is 30.2 Å². The average molecular weight is 701 g/mol. The van der Waals surface area contributed by atoms with Gasteiger partial charge in [-0.3, -0.25) is 19.1 Å². The molecule has 7 atom stereocenters. The first-order valence-electron chi connectivity index (χ1n) is 16.6. The lowest BCUT2D eigenvalue weighted by Crippen LogP contribution is -2.59. The fourth-order valence-corrected chi connectivity index (χ4v) is 8.24. The molecule has 2 aliphatic carbocycles. The maximum absolute atomic E-state index is 14.2. The fourth-order valence-electron chi connectivity index (χ4n) is 6.92. The third-order valence-electron chi connectivity index (χ3n) is 10.3. The zero-order valence-corrected chi connectivity index (χ0v) is 28.3. The number of allylic oxidation sites excluding steroid dienone is 1. The number of nitrogens with one attached hydrogen (secondary N) is 3. The number of ether oxygens (including phenoxy) is 1. The molecular formula is C33H41FN6O8S. The van der Waals surface area contributed by atoms with Crippen LogP contribution in [0, 0.1) is 23.6 Å². The molecule has 0 bridgehead atoms. The van der Waals surface area contributed by atoms with E-state index in [2.05, 4.69) is 25.3 Å². The van der Waals surface area contributed by atoms with Crippen LogP contribution in [0.25, 0.3) is 11.0 Å². The minimum Gasteiger partial charge on any atom is -0.471 e. The van der Waals surface area contributed by atoms with Crippen LogP contribution in [0.2, 0.25) is 0 Å². The van der Waals surface area contributed by atoms with E-state index in [1.165, 1.54) is 29.3 Å². The van der Waals surface area contributed by atoms with E-state index in [0.717, 1.165) is 6.42 Å². The van der Waals surface area contributed by atoms with E-state index in [1.807, 2.05) is 19.1 Å². The first kappa shape index (κ1) is 34.5. The van der Waals surface area contributed by atoms with Crippen LogP contribution >= 0.6 is 0 Å². The van der Waals surface area contributed by atoms with Crippen molar-refractivity contribution < 1.29 is 41.8 Å². The first-order chi connectivity index (χ1) is 23.1. The van der Waals surface area contributed by atoms with Crippen molar-refractivity contribution in [3.8, 4) is 5.88 Å². The summed E-state index contributed by atoms with van der Waals surface area (Å²) in [6, 6.07) is 1.53. The summed E-state index contributed by atoms with van der Waals surface area (Å²) >= 11 is 0. The van der Waals surface area contributed by atoms with Gasteiger partial charge in [-0.2, -0.15) is 0 Å². The lowest BCUT2D eigenvalue weighted by Gasteiger charge is -2.32. The molecule has 16 heteroatoms. The van der Waals surface area contributed by atoms with Crippen molar-refractivity contribution in [2.24, 2.45) is 17.8 Å². The molecule has 3 heterocycles. The van der Waals surface area contributed by atoms with E-state index < -0.39 is 80.0 Å². The number of carboxylic acid groups (broad SMARTS) is 1. The van der Waals surface area contributed by atoms with Crippen molar-refractivity contribution in [3.05, 3.63) is 42.4 Å². The van der Waals surface area contributed by atoms with Crippen LogP contribution < -0.4 is 20.1 Å².